The first-order valence-corrected chi connectivity index (χ1v) is 5.52. The van der Waals surface area contributed by atoms with Crippen LogP contribution in [0.2, 0.25) is 0 Å². The van der Waals surface area contributed by atoms with Crippen LogP contribution in [0.1, 0.15) is 22.3 Å². The Labute approximate surface area is 95.6 Å². The SMILES string of the molecule is Cc1ccc([N+](=O)[O-])c(C(=O)CCBr)c1. The van der Waals surface area contributed by atoms with Gasteiger partial charge in [-0.25, -0.2) is 0 Å². The fourth-order valence-electron chi connectivity index (χ4n) is 1.25. The maximum atomic E-state index is 11.6. The molecule has 0 aromatic heterocycles. The summed E-state index contributed by atoms with van der Waals surface area (Å²) in [6.07, 6.45) is 0.268. The number of halogens is 1. The van der Waals surface area contributed by atoms with Gasteiger partial charge in [0.1, 0.15) is 0 Å². The summed E-state index contributed by atoms with van der Waals surface area (Å²) in [4.78, 5) is 21.7. The van der Waals surface area contributed by atoms with E-state index < -0.39 is 4.92 Å². The number of carbonyl (C=O) groups is 1. The molecule has 0 atom stereocenters. The van der Waals surface area contributed by atoms with Gasteiger partial charge in [0.2, 0.25) is 0 Å². The number of nitro benzene ring substituents is 1. The Balaban J connectivity index is 3.18. The smallest absolute Gasteiger partial charge is 0.280 e. The number of rotatable bonds is 4. The van der Waals surface area contributed by atoms with Crippen LogP contribution in [0, 0.1) is 17.0 Å². The monoisotopic (exact) mass is 271 g/mol. The molecule has 80 valence electrons. The van der Waals surface area contributed by atoms with Crippen molar-refractivity contribution in [2.75, 3.05) is 5.33 Å². The number of Topliss-reactive ketones (excluding diaryl/α,β-unsaturated/α-hetero) is 1. The zero-order valence-electron chi connectivity index (χ0n) is 8.20. The Morgan fingerprint density at radius 1 is 1.53 bits per heavy atom. The molecule has 1 aromatic rings. The predicted molar refractivity (Wildman–Crippen MR) is 60.6 cm³/mol. The molecule has 0 spiro atoms. The molecule has 0 bridgehead atoms. The average Bonchev–Trinajstić information content (AvgIpc) is 2.17. The van der Waals surface area contributed by atoms with Crippen molar-refractivity contribution >= 4 is 27.4 Å². The quantitative estimate of drug-likeness (QED) is 0.366. The first-order valence-electron chi connectivity index (χ1n) is 4.40. The van der Waals surface area contributed by atoms with Crippen LogP contribution in [0.4, 0.5) is 5.69 Å². The molecule has 0 saturated heterocycles. The zero-order chi connectivity index (χ0) is 11.4. The number of alkyl halides is 1. The zero-order valence-corrected chi connectivity index (χ0v) is 9.78. The van der Waals surface area contributed by atoms with E-state index in [1.165, 1.54) is 6.07 Å². The van der Waals surface area contributed by atoms with Gasteiger partial charge in [0, 0.05) is 17.8 Å². The molecule has 15 heavy (non-hydrogen) atoms. The maximum absolute atomic E-state index is 11.6. The molecule has 0 aliphatic heterocycles. The highest BCUT2D eigenvalue weighted by Crippen LogP contribution is 2.21. The van der Waals surface area contributed by atoms with E-state index in [4.69, 9.17) is 0 Å². The molecular weight excluding hydrogens is 262 g/mol. The number of benzene rings is 1. The Morgan fingerprint density at radius 2 is 2.20 bits per heavy atom. The molecule has 0 heterocycles. The van der Waals surface area contributed by atoms with Gasteiger partial charge in [0.15, 0.2) is 5.78 Å². The Bertz CT molecular complexity index is 404. The third kappa shape index (κ3) is 2.86. The van der Waals surface area contributed by atoms with Crippen LogP contribution >= 0.6 is 15.9 Å². The van der Waals surface area contributed by atoms with E-state index in [1.54, 1.807) is 19.1 Å². The Morgan fingerprint density at radius 3 is 2.73 bits per heavy atom. The predicted octanol–water partition coefficient (Wildman–Crippen LogP) is 2.87. The topological polar surface area (TPSA) is 60.2 Å². The lowest BCUT2D eigenvalue weighted by molar-refractivity contribution is -0.385. The van der Waals surface area contributed by atoms with Crippen molar-refractivity contribution in [3.63, 3.8) is 0 Å². The molecule has 1 rings (SSSR count). The van der Waals surface area contributed by atoms with Crippen molar-refractivity contribution in [2.24, 2.45) is 0 Å². The van der Waals surface area contributed by atoms with E-state index in [-0.39, 0.29) is 23.5 Å². The fourth-order valence-corrected chi connectivity index (χ4v) is 1.61. The lowest BCUT2D eigenvalue weighted by Crippen LogP contribution is -2.04. The molecule has 1 aromatic carbocycles. The summed E-state index contributed by atoms with van der Waals surface area (Å²) >= 11 is 3.14. The van der Waals surface area contributed by atoms with Crippen LogP contribution in [0.25, 0.3) is 0 Å². The van der Waals surface area contributed by atoms with Crippen molar-refractivity contribution in [2.45, 2.75) is 13.3 Å². The molecule has 0 saturated carbocycles. The van der Waals surface area contributed by atoms with Crippen molar-refractivity contribution in [1.82, 2.24) is 0 Å². The summed E-state index contributed by atoms with van der Waals surface area (Å²) in [5.74, 6) is -0.206. The van der Waals surface area contributed by atoms with E-state index in [1.807, 2.05) is 0 Å². The molecule has 0 N–H and O–H groups in total. The number of hydrogen-bond acceptors (Lipinski definition) is 3. The van der Waals surface area contributed by atoms with E-state index in [0.717, 1.165) is 5.56 Å². The van der Waals surface area contributed by atoms with E-state index >= 15 is 0 Å². The van der Waals surface area contributed by atoms with Gasteiger partial charge in [-0.2, -0.15) is 0 Å². The maximum Gasteiger partial charge on any atom is 0.280 e. The molecule has 4 nitrogen and oxygen atoms in total. The first-order chi connectivity index (χ1) is 7.06. The second-order valence-corrected chi connectivity index (χ2v) is 3.93. The standard InChI is InChI=1S/C10H10BrNO3/c1-7-2-3-9(12(14)15)8(6-7)10(13)4-5-11/h2-3,6H,4-5H2,1H3. The lowest BCUT2D eigenvalue weighted by Gasteiger charge is -2.02. The minimum absolute atomic E-state index is 0.119. The normalized spacial score (nSPS) is 10.0. The summed E-state index contributed by atoms with van der Waals surface area (Å²) in [6.45, 7) is 1.80. The number of nitrogens with zero attached hydrogens (tertiary/aromatic N) is 1. The van der Waals surface area contributed by atoms with Crippen molar-refractivity contribution in [1.29, 1.82) is 0 Å². The molecular formula is C10H10BrNO3. The number of nitro groups is 1. The molecule has 0 fully saturated rings. The number of ketones is 1. The average molecular weight is 272 g/mol. The van der Waals surface area contributed by atoms with Gasteiger partial charge >= 0.3 is 0 Å². The summed E-state index contributed by atoms with van der Waals surface area (Å²) in [7, 11) is 0. The highest BCUT2D eigenvalue weighted by Gasteiger charge is 2.18. The van der Waals surface area contributed by atoms with Crippen LogP contribution in [0.15, 0.2) is 18.2 Å². The molecule has 0 radical (unpaired) electrons. The van der Waals surface area contributed by atoms with Crippen LogP contribution in [0.5, 0.6) is 0 Å². The highest BCUT2D eigenvalue weighted by atomic mass is 79.9. The third-order valence-electron chi connectivity index (χ3n) is 1.97. The van der Waals surface area contributed by atoms with Gasteiger partial charge in [-0.15, -0.1) is 0 Å². The van der Waals surface area contributed by atoms with E-state index in [0.29, 0.717) is 5.33 Å². The number of carbonyl (C=O) groups excluding carboxylic acids is 1. The van der Waals surface area contributed by atoms with Gasteiger partial charge in [0.25, 0.3) is 5.69 Å². The summed E-state index contributed by atoms with van der Waals surface area (Å²) in [5.41, 5.74) is 0.921. The number of hydrogen-bond donors (Lipinski definition) is 0. The van der Waals surface area contributed by atoms with Crippen molar-refractivity contribution in [3.05, 3.63) is 39.4 Å². The van der Waals surface area contributed by atoms with Gasteiger partial charge < -0.3 is 0 Å². The molecule has 0 amide bonds. The molecule has 5 heteroatoms. The molecule has 0 aliphatic rings. The number of aryl methyl sites for hydroxylation is 1. The minimum Gasteiger partial charge on any atom is -0.294 e. The van der Waals surface area contributed by atoms with E-state index in [2.05, 4.69) is 15.9 Å². The first kappa shape index (κ1) is 11.8. The van der Waals surface area contributed by atoms with Crippen LogP contribution < -0.4 is 0 Å². The van der Waals surface area contributed by atoms with Crippen LogP contribution in [0.3, 0.4) is 0 Å². The molecule has 0 aliphatic carbocycles. The van der Waals surface area contributed by atoms with Gasteiger partial charge in [0.05, 0.1) is 10.5 Å². The highest BCUT2D eigenvalue weighted by molar-refractivity contribution is 9.09. The van der Waals surface area contributed by atoms with Crippen molar-refractivity contribution < 1.29 is 9.72 Å². The lowest BCUT2D eigenvalue weighted by atomic mass is 10.0. The minimum atomic E-state index is -0.527. The summed E-state index contributed by atoms with van der Waals surface area (Å²) < 4.78 is 0. The van der Waals surface area contributed by atoms with Crippen molar-refractivity contribution in [3.8, 4) is 0 Å². The van der Waals surface area contributed by atoms with E-state index in [9.17, 15) is 14.9 Å². The van der Waals surface area contributed by atoms with Crippen LogP contribution in [-0.4, -0.2) is 16.0 Å². The van der Waals surface area contributed by atoms with Gasteiger partial charge in [-0.3, -0.25) is 14.9 Å². The third-order valence-corrected chi connectivity index (χ3v) is 2.37. The molecule has 0 unspecified atom stereocenters. The summed E-state index contributed by atoms with van der Waals surface area (Å²) in [6, 6.07) is 4.56. The fraction of sp³-hybridized carbons (Fsp3) is 0.300. The Kier molecular flexibility index (Phi) is 3.96. The van der Waals surface area contributed by atoms with Gasteiger partial charge in [-0.05, 0) is 18.6 Å². The summed E-state index contributed by atoms with van der Waals surface area (Å²) in [5, 5.41) is 11.2. The van der Waals surface area contributed by atoms with Crippen LogP contribution in [-0.2, 0) is 0 Å². The largest absolute Gasteiger partial charge is 0.294 e. The van der Waals surface area contributed by atoms with Gasteiger partial charge in [-0.1, -0.05) is 22.0 Å². The second-order valence-electron chi connectivity index (χ2n) is 3.14. The Hall–Kier alpha value is -1.23. The second kappa shape index (κ2) is 5.02.